The van der Waals surface area contributed by atoms with Crippen molar-refractivity contribution in [1.82, 2.24) is 9.78 Å². The van der Waals surface area contributed by atoms with Crippen LogP contribution in [0.25, 0.3) is 16.9 Å². The van der Waals surface area contributed by atoms with Crippen LogP contribution in [-0.4, -0.2) is 27.4 Å². The predicted molar refractivity (Wildman–Crippen MR) is 107 cm³/mol. The second-order valence-corrected chi connectivity index (χ2v) is 7.27. The van der Waals surface area contributed by atoms with Crippen molar-refractivity contribution >= 4 is 35.0 Å². The van der Waals surface area contributed by atoms with E-state index in [1.807, 2.05) is 16.8 Å². The van der Waals surface area contributed by atoms with Gasteiger partial charge in [0.2, 0.25) is 0 Å². The highest BCUT2D eigenvalue weighted by atomic mass is 35.5. The molecule has 0 fully saturated rings. The number of hydrogen-bond donors (Lipinski definition) is 2. The Bertz CT molecular complexity index is 1010. The molecule has 2 heterocycles. The van der Waals surface area contributed by atoms with Crippen LogP contribution in [0.15, 0.2) is 42.5 Å². The molecule has 0 atom stereocenters. The lowest BCUT2D eigenvalue weighted by Gasteiger charge is -2.09. The van der Waals surface area contributed by atoms with Crippen molar-refractivity contribution < 1.29 is 9.90 Å². The summed E-state index contributed by atoms with van der Waals surface area (Å²) in [5.41, 5.74) is 3.95. The van der Waals surface area contributed by atoms with Crippen LogP contribution < -0.4 is 5.32 Å². The number of halogens is 2. The molecule has 0 saturated heterocycles. The fourth-order valence-corrected chi connectivity index (χ4v) is 3.61. The van der Waals surface area contributed by atoms with Crippen LogP contribution in [0.2, 0.25) is 10.0 Å². The molecule has 7 heteroatoms. The van der Waals surface area contributed by atoms with Crippen LogP contribution in [-0.2, 0) is 6.42 Å². The number of anilines is 1. The van der Waals surface area contributed by atoms with Gasteiger partial charge in [-0.15, -0.1) is 0 Å². The molecule has 0 spiro atoms. The second kappa shape index (κ2) is 7.25. The summed E-state index contributed by atoms with van der Waals surface area (Å²) >= 11 is 12.3. The van der Waals surface area contributed by atoms with Crippen LogP contribution in [0.3, 0.4) is 0 Å². The minimum Gasteiger partial charge on any atom is -0.478 e. The van der Waals surface area contributed by atoms with E-state index in [2.05, 4.69) is 5.32 Å². The highest BCUT2D eigenvalue weighted by Crippen LogP contribution is 2.36. The van der Waals surface area contributed by atoms with Crippen molar-refractivity contribution in [3.8, 4) is 16.9 Å². The number of benzene rings is 2. The summed E-state index contributed by atoms with van der Waals surface area (Å²) < 4.78 is 1.84. The van der Waals surface area contributed by atoms with Gasteiger partial charge >= 0.3 is 5.97 Å². The largest absolute Gasteiger partial charge is 0.478 e. The minimum absolute atomic E-state index is 0.245. The van der Waals surface area contributed by atoms with Gasteiger partial charge in [0.1, 0.15) is 5.82 Å². The fraction of sp³-hybridized carbons (Fsp3) is 0.200. The van der Waals surface area contributed by atoms with Crippen molar-refractivity contribution in [2.75, 3.05) is 11.9 Å². The molecule has 0 bridgehead atoms. The van der Waals surface area contributed by atoms with E-state index in [9.17, 15) is 4.79 Å². The van der Waals surface area contributed by atoms with Crippen molar-refractivity contribution in [3.05, 3.63) is 63.6 Å². The molecule has 4 rings (SSSR count). The predicted octanol–water partition coefficient (Wildman–Crippen LogP) is 5.29. The number of aromatic carboxylic acids is 1. The van der Waals surface area contributed by atoms with E-state index in [1.54, 1.807) is 30.3 Å². The SMILES string of the molecule is O=C(O)c1ccc(-n2nc(-c3ccc(Cl)c(Cl)c3)c3c2NCCCC3)cc1. The summed E-state index contributed by atoms with van der Waals surface area (Å²) in [6, 6.07) is 12.2. The minimum atomic E-state index is -0.949. The second-order valence-electron chi connectivity index (χ2n) is 6.45. The molecule has 3 aromatic rings. The molecule has 0 unspecified atom stereocenters. The molecule has 1 aliphatic heterocycles. The molecular weight excluding hydrogens is 385 g/mol. The van der Waals surface area contributed by atoms with E-state index in [4.69, 9.17) is 33.4 Å². The summed E-state index contributed by atoms with van der Waals surface area (Å²) in [5.74, 6) is -0.00730. The fourth-order valence-electron chi connectivity index (χ4n) is 3.31. The van der Waals surface area contributed by atoms with E-state index < -0.39 is 5.97 Å². The third-order valence-corrected chi connectivity index (χ3v) is 5.42. The standard InChI is InChI=1S/C20H17Cl2N3O2/c21-16-9-6-13(11-17(16)22)18-15-3-1-2-10-23-19(15)25(24-18)14-7-4-12(5-8-14)20(26)27/h4-9,11,23H,1-3,10H2,(H,26,27). The number of carbonyl (C=O) groups is 1. The van der Waals surface area contributed by atoms with Gasteiger partial charge in [0.05, 0.1) is 27.0 Å². The normalized spacial score (nSPS) is 13.6. The van der Waals surface area contributed by atoms with Crippen LogP contribution in [0, 0.1) is 0 Å². The summed E-state index contributed by atoms with van der Waals surface area (Å²) in [4.78, 5) is 11.1. The Morgan fingerprint density at radius 2 is 1.85 bits per heavy atom. The Hall–Kier alpha value is -2.50. The van der Waals surface area contributed by atoms with Crippen molar-refractivity contribution in [2.24, 2.45) is 0 Å². The van der Waals surface area contributed by atoms with Crippen LogP contribution in [0.1, 0.15) is 28.8 Å². The molecule has 27 heavy (non-hydrogen) atoms. The van der Waals surface area contributed by atoms with E-state index in [1.165, 1.54) is 0 Å². The maximum atomic E-state index is 11.1. The zero-order valence-electron chi connectivity index (χ0n) is 14.4. The quantitative estimate of drug-likeness (QED) is 0.625. The highest BCUT2D eigenvalue weighted by molar-refractivity contribution is 6.42. The zero-order valence-corrected chi connectivity index (χ0v) is 15.9. The van der Waals surface area contributed by atoms with Crippen molar-refractivity contribution in [1.29, 1.82) is 0 Å². The Kier molecular flexibility index (Phi) is 4.81. The molecule has 138 valence electrons. The van der Waals surface area contributed by atoms with Gasteiger partial charge in [-0.25, -0.2) is 9.48 Å². The Balaban J connectivity index is 1.86. The summed E-state index contributed by atoms with van der Waals surface area (Å²) in [5, 5.41) is 18.4. The first-order chi connectivity index (χ1) is 13.0. The number of rotatable bonds is 3. The van der Waals surface area contributed by atoms with E-state index in [0.29, 0.717) is 10.0 Å². The lowest BCUT2D eigenvalue weighted by Crippen LogP contribution is -2.07. The molecule has 2 N–H and O–H groups in total. The topological polar surface area (TPSA) is 67.1 Å². The number of fused-ring (bicyclic) bond motifs is 1. The lowest BCUT2D eigenvalue weighted by molar-refractivity contribution is 0.0697. The third kappa shape index (κ3) is 3.40. The molecule has 0 amide bonds. The van der Waals surface area contributed by atoms with Crippen molar-refractivity contribution in [2.45, 2.75) is 19.3 Å². The first kappa shape index (κ1) is 17.9. The summed E-state index contributed by atoms with van der Waals surface area (Å²) in [6.07, 6.45) is 3.05. The zero-order chi connectivity index (χ0) is 19.0. The van der Waals surface area contributed by atoms with Crippen molar-refractivity contribution in [3.63, 3.8) is 0 Å². The molecule has 1 aromatic heterocycles. The van der Waals surface area contributed by atoms with Gasteiger partial charge in [-0.05, 0) is 55.7 Å². The van der Waals surface area contributed by atoms with Crippen LogP contribution >= 0.6 is 23.2 Å². The van der Waals surface area contributed by atoms with Crippen LogP contribution in [0.5, 0.6) is 0 Å². The van der Waals surface area contributed by atoms with Gasteiger partial charge in [-0.1, -0.05) is 29.3 Å². The third-order valence-electron chi connectivity index (χ3n) is 4.68. The number of nitrogens with one attached hydrogen (secondary N) is 1. The first-order valence-corrected chi connectivity index (χ1v) is 9.45. The first-order valence-electron chi connectivity index (χ1n) is 8.69. The van der Waals surface area contributed by atoms with E-state index in [0.717, 1.165) is 54.1 Å². The molecule has 5 nitrogen and oxygen atoms in total. The molecule has 1 aliphatic rings. The monoisotopic (exact) mass is 401 g/mol. The van der Waals surface area contributed by atoms with E-state index in [-0.39, 0.29) is 5.56 Å². The lowest BCUT2D eigenvalue weighted by atomic mass is 10.0. The molecule has 0 saturated carbocycles. The molecule has 0 radical (unpaired) electrons. The summed E-state index contributed by atoms with van der Waals surface area (Å²) in [6.45, 7) is 0.868. The maximum absolute atomic E-state index is 11.1. The molecular formula is C20H17Cl2N3O2. The smallest absolute Gasteiger partial charge is 0.335 e. The Morgan fingerprint density at radius 3 is 2.56 bits per heavy atom. The van der Waals surface area contributed by atoms with Gasteiger partial charge < -0.3 is 10.4 Å². The van der Waals surface area contributed by atoms with Crippen LogP contribution in [0.4, 0.5) is 5.82 Å². The Morgan fingerprint density at radius 1 is 1.07 bits per heavy atom. The number of carboxylic acids is 1. The maximum Gasteiger partial charge on any atom is 0.335 e. The molecule has 2 aromatic carbocycles. The number of aromatic nitrogens is 2. The highest BCUT2D eigenvalue weighted by Gasteiger charge is 2.22. The number of hydrogen-bond acceptors (Lipinski definition) is 3. The summed E-state index contributed by atoms with van der Waals surface area (Å²) in [7, 11) is 0. The van der Waals surface area contributed by atoms with Gasteiger partial charge in [0.15, 0.2) is 0 Å². The average molecular weight is 402 g/mol. The average Bonchev–Trinajstić information content (AvgIpc) is 2.85. The molecule has 0 aliphatic carbocycles. The number of carboxylic acid groups (broad SMARTS) is 1. The van der Waals surface area contributed by atoms with Gasteiger partial charge in [-0.3, -0.25) is 0 Å². The van der Waals surface area contributed by atoms with Gasteiger partial charge in [0, 0.05) is 17.7 Å². The van der Waals surface area contributed by atoms with Gasteiger partial charge in [-0.2, -0.15) is 5.10 Å². The number of nitrogens with zero attached hydrogens (tertiary/aromatic N) is 2. The van der Waals surface area contributed by atoms with Gasteiger partial charge in [0.25, 0.3) is 0 Å². The Labute approximate surface area is 166 Å². The van der Waals surface area contributed by atoms with E-state index >= 15 is 0 Å².